The lowest BCUT2D eigenvalue weighted by molar-refractivity contribution is -0.150. The van der Waals surface area contributed by atoms with Gasteiger partial charge in [0.1, 0.15) is 12.2 Å². The van der Waals surface area contributed by atoms with Crippen molar-refractivity contribution in [3.05, 3.63) is 23.3 Å². The second-order valence-electron chi connectivity index (χ2n) is 11.3. The van der Waals surface area contributed by atoms with Crippen LogP contribution >= 0.6 is 0 Å². The molecule has 2 unspecified atom stereocenters. The Labute approximate surface area is 196 Å². The molecule has 4 rings (SSSR count). The number of carbonyl (C=O) groups excluding carboxylic acids is 2. The molecule has 10 atom stereocenters. The first-order chi connectivity index (χ1) is 15.3. The Morgan fingerprint density at radius 3 is 2.45 bits per heavy atom. The van der Waals surface area contributed by atoms with Gasteiger partial charge < -0.3 is 24.4 Å². The summed E-state index contributed by atoms with van der Waals surface area (Å²) in [4.78, 5) is 26.5. The monoisotopic (exact) mass is 462 g/mol. The van der Waals surface area contributed by atoms with Crippen molar-refractivity contribution in [2.24, 2.45) is 29.1 Å². The van der Waals surface area contributed by atoms with Crippen molar-refractivity contribution in [2.75, 3.05) is 7.11 Å². The summed E-state index contributed by atoms with van der Waals surface area (Å²) in [5.74, 6) is -1.74. The number of aliphatic hydroxyl groups excluding tert-OH is 2. The van der Waals surface area contributed by atoms with Crippen molar-refractivity contribution in [1.29, 1.82) is 0 Å². The number of ether oxygens (including phenoxy) is 3. The summed E-state index contributed by atoms with van der Waals surface area (Å²) in [5, 5.41) is 22.4. The molecule has 2 N–H and O–H groups in total. The molecule has 1 heterocycles. The first-order valence-corrected chi connectivity index (χ1v) is 12.0. The number of allylic oxidation sites excluding steroid dienone is 1. The Balaban J connectivity index is 1.85. The highest BCUT2D eigenvalue weighted by Crippen LogP contribution is 2.67. The quantitative estimate of drug-likeness (QED) is 0.287. The van der Waals surface area contributed by atoms with Crippen LogP contribution in [-0.2, 0) is 23.8 Å². The molecule has 0 aromatic carbocycles. The number of esters is 1. The smallest absolute Gasteiger partial charge is 0.334 e. The first-order valence-electron chi connectivity index (χ1n) is 12.0. The maximum absolute atomic E-state index is 13.7. The standard InChI is InChI=1S/C26H38O7/c1-9-12(2)23(30)32-19-13(3)10-25-21(28)14(4)11-26(25,33-25)22(29)15(5)18(27)16-17(20(19)31-8)24(16,6)7/h9-10,14-21,27-28H,11H2,1-8H3/b12-9-,13-10+/t14-,15?,16-,17+,18-,19+,20?,21-,25-,26-/m0/s1. The molecule has 33 heavy (non-hydrogen) atoms. The maximum Gasteiger partial charge on any atom is 0.334 e. The molecule has 0 bridgehead atoms. The van der Waals surface area contributed by atoms with Crippen LogP contribution in [0.1, 0.15) is 54.9 Å². The minimum Gasteiger partial charge on any atom is -0.452 e. The topological polar surface area (TPSA) is 106 Å². The summed E-state index contributed by atoms with van der Waals surface area (Å²) in [6.07, 6.45) is 0.823. The highest BCUT2D eigenvalue weighted by atomic mass is 16.7. The molecular weight excluding hydrogens is 424 g/mol. The van der Waals surface area contributed by atoms with Crippen LogP contribution < -0.4 is 0 Å². The average molecular weight is 463 g/mol. The van der Waals surface area contributed by atoms with E-state index in [-0.39, 0.29) is 29.0 Å². The van der Waals surface area contributed by atoms with E-state index in [4.69, 9.17) is 14.2 Å². The summed E-state index contributed by atoms with van der Waals surface area (Å²) in [7, 11) is 1.58. The van der Waals surface area contributed by atoms with Crippen LogP contribution in [0.15, 0.2) is 23.3 Å². The van der Waals surface area contributed by atoms with E-state index in [0.29, 0.717) is 17.6 Å². The van der Waals surface area contributed by atoms with Gasteiger partial charge in [-0.2, -0.15) is 0 Å². The van der Waals surface area contributed by atoms with E-state index < -0.39 is 47.5 Å². The zero-order valence-corrected chi connectivity index (χ0v) is 20.9. The van der Waals surface area contributed by atoms with Crippen LogP contribution in [0.5, 0.6) is 0 Å². The van der Waals surface area contributed by atoms with E-state index in [1.807, 2.05) is 27.7 Å². The van der Waals surface area contributed by atoms with E-state index in [1.165, 1.54) is 0 Å². The SMILES string of the molecule is C/C=C(/C)C(=O)O[C@@H]1/C(C)=C/[C@@]23O[C@@]2(C[C@H](C)[C@@H]3O)C(=O)C(C)[C@H](O)[C@@H]2[C@H](C1OC)C2(C)C. The summed E-state index contributed by atoms with van der Waals surface area (Å²) >= 11 is 0. The van der Waals surface area contributed by atoms with E-state index in [9.17, 15) is 19.8 Å². The highest BCUT2D eigenvalue weighted by Gasteiger charge is 2.82. The zero-order chi connectivity index (χ0) is 24.7. The Hall–Kier alpha value is -1.54. The highest BCUT2D eigenvalue weighted by molar-refractivity contribution is 5.95. The van der Waals surface area contributed by atoms with Gasteiger partial charge in [-0.1, -0.05) is 33.8 Å². The number of hydrogen-bond acceptors (Lipinski definition) is 7. The number of hydrogen-bond donors (Lipinski definition) is 2. The van der Waals surface area contributed by atoms with Gasteiger partial charge in [0.25, 0.3) is 0 Å². The summed E-state index contributed by atoms with van der Waals surface area (Å²) < 4.78 is 18.0. The number of rotatable bonds is 3. The van der Waals surface area contributed by atoms with Crippen LogP contribution in [-0.4, -0.2) is 64.7 Å². The molecule has 184 valence electrons. The van der Waals surface area contributed by atoms with E-state index in [0.717, 1.165) is 0 Å². The number of fused-ring (bicyclic) bond motifs is 1. The van der Waals surface area contributed by atoms with Gasteiger partial charge in [-0.3, -0.25) is 4.79 Å². The predicted molar refractivity (Wildman–Crippen MR) is 121 cm³/mol. The van der Waals surface area contributed by atoms with Crippen molar-refractivity contribution in [3.8, 4) is 0 Å². The van der Waals surface area contributed by atoms with Gasteiger partial charge in [0.15, 0.2) is 17.0 Å². The minimum atomic E-state index is -1.18. The van der Waals surface area contributed by atoms with Gasteiger partial charge >= 0.3 is 5.97 Å². The number of methoxy groups -OCH3 is 1. The van der Waals surface area contributed by atoms with Gasteiger partial charge in [0.2, 0.25) is 0 Å². The van der Waals surface area contributed by atoms with Gasteiger partial charge in [0, 0.05) is 24.5 Å². The number of Topliss-reactive ketones (excluding diaryl/α,β-unsaturated/α-hetero) is 1. The van der Waals surface area contributed by atoms with Crippen molar-refractivity contribution in [3.63, 3.8) is 0 Å². The van der Waals surface area contributed by atoms with E-state index in [2.05, 4.69) is 0 Å². The third-order valence-electron chi connectivity index (χ3n) is 9.01. The molecule has 0 radical (unpaired) electrons. The number of carbonyl (C=O) groups is 2. The molecule has 7 nitrogen and oxygen atoms in total. The molecule has 0 aromatic heterocycles. The Morgan fingerprint density at radius 1 is 1.24 bits per heavy atom. The normalized spacial score (nSPS) is 50.2. The molecule has 3 fully saturated rings. The predicted octanol–water partition coefficient (Wildman–Crippen LogP) is 2.59. The Bertz CT molecular complexity index is 920. The molecule has 0 spiro atoms. The van der Waals surface area contributed by atoms with Crippen LogP contribution in [0.4, 0.5) is 0 Å². The van der Waals surface area contributed by atoms with E-state index >= 15 is 0 Å². The van der Waals surface area contributed by atoms with Crippen LogP contribution in [0.25, 0.3) is 0 Å². The molecule has 3 aliphatic carbocycles. The summed E-state index contributed by atoms with van der Waals surface area (Å²) in [6, 6.07) is 0. The molecule has 4 aliphatic rings. The Morgan fingerprint density at radius 2 is 1.88 bits per heavy atom. The summed E-state index contributed by atoms with van der Waals surface area (Å²) in [5.41, 5.74) is -1.50. The molecule has 2 saturated carbocycles. The first kappa shape index (κ1) is 24.6. The fourth-order valence-corrected chi connectivity index (χ4v) is 6.78. The van der Waals surface area contributed by atoms with E-state index in [1.54, 1.807) is 40.0 Å². The van der Waals surface area contributed by atoms with Crippen LogP contribution in [0, 0.1) is 29.1 Å². The lowest BCUT2D eigenvalue weighted by Crippen LogP contribution is -2.41. The number of ketones is 1. The second-order valence-corrected chi connectivity index (χ2v) is 11.3. The fourth-order valence-electron chi connectivity index (χ4n) is 6.78. The van der Waals surface area contributed by atoms with Gasteiger partial charge in [-0.15, -0.1) is 0 Å². The van der Waals surface area contributed by atoms with Gasteiger partial charge in [-0.25, -0.2) is 4.79 Å². The maximum atomic E-state index is 13.7. The number of aliphatic hydroxyl groups is 2. The van der Waals surface area contributed by atoms with Crippen molar-refractivity contribution >= 4 is 11.8 Å². The molecule has 1 aliphatic heterocycles. The average Bonchev–Trinajstić information content (AvgIpc) is 3.56. The molecule has 0 amide bonds. The third-order valence-corrected chi connectivity index (χ3v) is 9.01. The van der Waals surface area contributed by atoms with Gasteiger partial charge in [0.05, 0.1) is 12.2 Å². The van der Waals surface area contributed by atoms with Crippen LogP contribution in [0.3, 0.4) is 0 Å². The van der Waals surface area contributed by atoms with Crippen molar-refractivity contribution < 1.29 is 34.0 Å². The lowest BCUT2D eigenvalue weighted by Gasteiger charge is -2.29. The lowest BCUT2D eigenvalue weighted by atomic mass is 9.81. The molecular formula is C26H38O7. The molecule has 7 heteroatoms. The van der Waals surface area contributed by atoms with Crippen molar-refractivity contribution in [1.82, 2.24) is 0 Å². The zero-order valence-electron chi connectivity index (χ0n) is 20.9. The Kier molecular flexibility index (Phi) is 5.76. The van der Waals surface area contributed by atoms with Gasteiger partial charge in [-0.05, 0) is 56.1 Å². The summed E-state index contributed by atoms with van der Waals surface area (Å²) in [6.45, 7) is 13.0. The fraction of sp³-hybridized carbons (Fsp3) is 0.769. The molecule has 1 saturated heterocycles. The van der Waals surface area contributed by atoms with Crippen LogP contribution in [0.2, 0.25) is 0 Å². The van der Waals surface area contributed by atoms with Crippen molar-refractivity contribution in [2.45, 2.75) is 90.5 Å². The largest absolute Gasteiger partial charge is 0.452 e. The number of epoxide rings is 1. The minimum absolute atomic E-state index is 0.117. The molecule has 0 aromatic rings. The third kappa shape index (κ3) is 3.23. The second kappa shape index (κ2) is 7.74.